The Labute approximate surface area is 125 Å². The highest BCUT2D eigenvalue weighted by Gasteiger charge is 2.36. The van der Waals surface area contributed by atoms with E-state index in [9.17, 15) is 9.59 Å². The average Bonchev–Trinajstić information content (AvgIpc) is 2.74. The number of fused-ring (bicyclic) bond motifs is 1. The van der Waals surface area contributed by atoms with Crippen LogP contribution >= 0.6 is 0 Å². The van der Waals surface area contributed by atoms with Gasteiger partial charge in [0.25, 0.3) is 11.8 Å². The van der Waals surface area contributed by atoms with Crippen molar-refractivity contribution in [2.45, 2.75) is 44.6 Å². The molecule has 2 amide bonds. The Bertz CT molecular complexity index is 514. The number of carbonyl (C=O) groups is 2. The summed E-state index contributed by atoms with van der Waals surface area (Å²) in [6.07, 6.45) is 7.26. The lowest BCUT2D eigenvalue weighted by Crippen LogP contribution is -2.41. The highest BCUT2D eigenvalue weighted by Crippen LogP contribution is 2.28. The summed E-state index contributed by atoms with van der Waals surface area (Å²) in [6, 6.07) is 6.88. The van der Waals surface area contributed by atoms with Gasteiger partial charge in [0, 0.05) is 12.6 Å². The number of amides is 2. The maximum Gasteiger partial charge on any atom is 0.261 e. The fourth-order valence-electron chi connectivity index (χ4n) is 3.56. The van der Waals surface area contributed by atoms with Crippen molar-refractivity contribution in [3.05, 3.63) is 35.4 Å². The third-order valence-corrected chi connectivity index (χ3v) is 4.66. The minimum Gasteiger partial charge on any atom is -0.326 e. The molecule has 0 saturated heterocycles. The van der Waals surface area contributed by atoms with Gasteiger partial charge >= 0.3 is 0 Å². The Morgan fingerprint density at radius 2 is 1.62 bits per heavy atom. The molecule has 0 aromatic heterocycles. The third-order valence-electron chi connectivity index (χ3n) is 4.66. The fraction of sp³-hybridized carbons (Fsp3) is 0.529. The minimum absolute atomic E-state index is 0.115. The van der Waals surface area contributed by atoms with E-state index in [2.05, 4.69) is 0 Å². The molecule has 1 atom stereocenters. The molecule has 1 aliphatic heterocycles. The lowest BCUT2D eigenvalue weighted by atomic mass is 9.85. The van der Waals surface area contributed by atoms with Crippen LogP contribution in [-0.2, 0) is 0 Å². The van der Waals surface area contributed by atoms with Crippen molar-refractivity contribution in [3.8, 4) is 0 Å². The molecule has 1 saturated carbocycles. The van der Waals surface area contributed by atoms with Crippen molar-refractivity contribution in [1.29, 1.82) is 0 Å². The van der Waals surface area contributed by atoms with Crippen LogP contribution in [0.5, 0.6) is 0 Å². The Balaban J connectivity index is 1.63. The SMILES string of the molecule is N[C@H](CC1CCCCC1)CN1C(=O)c2ccccc2C1=O. The molecule has 1 aromatic carbocycles. The van der Waals surface area contributed by atoms with Gasteiger partial charge in [0.1, 0.15) is 0 Å². The molecule has 0 unspecified atom stereocenters. The zero-order valence-electron chi connectivity index (χ0n) is 12.3. The van der Waals surface area contributed by atoms with E-state index in [1.807, 2.05) is 0 Å². The average molecular weight is 286 g/mol. The lowest BCUT2D eigenvalue weighted by molar-refractivity contribution is 0.0639. The van der Waals surface area contributed by atoms with Crippen LogP contribution in [0.25, 0.3) is 0 Å². The van der Waals surface area contributed by atoms with E-state index in [1.165, 1.54) is 37.0 Å². The normalized spacial score (nSPS) is 20.7. The van der Waals surface area contributed by atoms with Gasteiger partial charge in [0.15, 0.2) is 0 Å². The second-order valence-electron chi connectivity index (χ2n) is 6.27. The van der Waals surface area contributed by atoms with Crippen LogP contribution in [-0.4, -0.2) is 29.3 Å². The molecular formula is C17H22N2O2. The van der Waals surface area contributed by atoms with E-state index in [1.54, 1.807) is 24.3 Å². The van der Waals surface area contributed by atoms with Crippen molar-refractivity contribution >= 4 is 11.8 Å². The van der Waals surface area contributed by atoms with Gasteiger partial charge in [-0.1, -0.05) is 44.2 Å². The van der Waals surface area contributed by atoms with Crippen molar-refractivity contribution in [2.75, 3.05) is 6.54 Å². The minimum atomic E-state index is -0.199. The smallest absolute Gasteiger partial charge is 0.261 e. The molecule has 0 spiro atoms. The number of imide groups is 1. The van der Waals surface area contributed by atoms with E-state index in [0.29, 0.717) is 23.6 Å². The summed E-state index contributed by atoms with van der Waals surface area (Å²) in [5.41, 5.74) is 7.21. The quantitative estimate of drug-likeness (QED) is 0.865. The third kappa shape index (κ3) is 2.86. The van der Waals surface area contributed by atoms with E-state index < -0.39 is 0 Å². The number of nitrogens with zero attached hydrogens (tertiary/aromatic N) is 1. The molecular weight excluding hydrogens is 264 g/mol. The van der Waals surface area contributed by atoms with Crippen molar-refractivity contribution in [3.63, 3.8) is 0 Å². The standard InChI is InChI=1S/C17H22N2O2/c18-13(10-12-6-2-1-3-7-12)11-19-16(20)14-8-4-5-9-15(14)17(19)21/h4-5,8-9,12-13H,1-3,6-7,10-11,18H2/t13-/m1/s1. The molecule has 1 aliphatic carbocycles. The first-order valence-electron chi connectivity index (χ1n) is 7.87. The van der Waals surface area contributed by atoms with Crippen molar-refractivity contribution in [2.24, 2.45) is 11.7 Å². The van der Waals surface area contributed by atoms with Gasteiger partial charge in [0.05, 0.1) is 11.1 Å². The number of hydrogen-bond acceptors (Lipinski definition) is 3. The van der Waals surface area contributed by atoms with E-state index in [-0.39, 0.29) is 17.9 Å². The molecule has 0 bridgehead atoms. The first-order valence-corrected chi connectivity index (χ1v) is 7.87. The molecule has 2 N–H and O–H groups in total. The maximum atomic E-state index is 12.3. The van der Waals surface area contributed by atoms with Gasteiger partial charge in [-0.15, -0.1) is 0 Å². The van der Waals surface area contributed by atoms with Crippen LogP contribution in [0.4, 0.5) is 0 Å². The van der Waals surface area contributed by atoms with Gasteiger partial charge in [-0.05, 0) is 24.5 Å². The number of benzene rings is 1. The second kappa shape index (κ2) is 5.98. The van der Waals surface area contributed by atoms with Gasteiger partial charge in [-0.2, -0.15) is 0 Å². The molecule has 1 aromatic rings. The number of rotatable bonds is 4. The van der Waals surface area contributed by atoms with E-state index >= 15 is 0 Å². The zero-order valence-corrected chi connectivity index (χ0v) is 12.3. The molecule has 4 heteroatoms. The van der Waals surface area contributed by atoms with Crippen LogP contribution in [0.15, 0.2) is 24.3 Å². The number of carbonyl (C=O) groups excluding carboxylic acids is 2. The summed E-state index contributed by atoms with van der Waals surface area (Å²) in [6.45, 7) is 0.336. The Kier molecular flexibility index (Phi) is 4.06. The van der Waals surface area contributed by atoms with E-state index in [4.69, 9.17) is 5.73 Å². The lowest BCUT2D eigenvalue weighted by Gasteiger charge is -2.26. The molecule has 0 radical (unpaired) electrons. The molecule has 3 rings (SSSR count). The van der Waals surface area contributed by atoms with Crippen LogP contribution in [0, 0.1) is 5.92 Å². The molecule has 4 nitrogen and oxygen atoms in total. The van der Waals surface area contributed by atoms with Crippen molar-refractivity contribution < 1.29 is 9.59 Å². The Morgan fingerprint density at radius 3 is 2.19 bits per heavy atom. The van der Waals surface area contributed by atoms with Crippen LogP contribution < -0.4 is 5.73 Å². The maximum absolute atomic E-state index is 12.3. The summed E-state index contributed by atoms with van der Waals surface area (Å²) in [4.78, 5) is 25.9. The summed E-state index contributed by atoms with van der Waals surface area (Å²) in [5, 5.41) is 0. The molecule has 1 heterocycles. The highest BCUT2D eigenvalue weighted by molar-refractivity contribution is 6.21. The Morgan fingerprint density at radius 1 is 1.05 bits per heavy atom. The monoisotopic (exact) mass is 286 g/mol. The van der Waals surface area contributed by atoms with E-state index in [0.717, 1.165) is 6.42 Å². The van der Waals surface area contributed by atoms with Crippen LogP contribution in [0.3, 0.4) is 0 Å². The van der Waals surface area contributed by atoms with Crippen molar-refractivity contribution in [1.82, 2.24) is 4.90 Å². The second-order valence-corrected chi connectivity index (χ2v) is 6.27. The van der Waals surface area contributed by atoms with Crippen LogP contribution in [0.1, 0.15) is 59.2 Å². The first-order chi connectivity index (χ1) is 10.2. The van der Waals surface area contributed by atoms with Gasteiger partial charge < -0.3 is 5.73 Å². The summed E-state index contributed by atoms with van der Waals surface area (Å²) < 4.78 is 0. The topological polar surface area (TPSA) is 63.4 Å². The molecule has 112 valence electrons. The van der Waals surface area contributed by atoms with Crippen LogP contribution in [0.2, 0.25) is 0 Å². The van der Waals surface area contributed by atoms with Gasteiger partial charge in [-0.3, -0.25) is 14.5 Å². The summed E-state index contributed by atoms with van der Waals surface area (Å²) in [5.74, 6) is 0.258. The predicted octanol–water partition coefficient (Wildman–Crippen LogP) is 2.58. The summed E-state index contributed by atoms with van der Waals surface area (Å²) >= 11 is 0. The molecule has 1 fully saturated rings. The first kappa shape index (κ1) is 14.3. The predicted molar refractivity (Wildman–Crippen MR) is 81.0 cm³/mol. The Hall–Kier alpha value is -1.68. The highest BCUT2D eigenvalue weighted by atomic mass is 16.2. The number of nitrogens with two attached hydrogens (primary N) is 1. The van der Waals surface area contributed by atoms with Gasteiger partial charge in [-0.25, -0.2) is 0 Å². The number of hydrogen-bond donors (Lipinski definition) is 1. The fourth-order valence-corrected chi connectivity index (χ4v) is 3.56. The zero-order chi connectivity index (χ0) is 14.8. The van der Waals surface area contributed by atoms with Gasteiger partial charge in [0.2, 0.25) is 0 Å². The molecule has 2 aliphatic rings. The molecule has 21 heavy (non-hydrogen) atoms. The largest absolute Gasteiger partial charge is 0.326 e. The summed E-state index contributed by atoms with van der Waals surface area (Å²) in [7, 11) is 0.